The lowest BCUT2D eigenvalue weighted by Crippen LogP contribution is -2.32. The highest BCUT2D eigenvalue weighted by Crippen LogP contribution is 2.14. The molecule has 0 aromatic rings. The Hall–Kier alpha value is -0.260. The van der Waals surface area contributed by atoms with E-state index in [2.05, 4.69) is 5.32 Å². The maximum atomic E-state index is 12.5. The SMILES string of the molecule is NCCCNCCC(F)(F)CN. The predicted octanol–water partition coefficient (Wildman–Crippen LogP) is -0.0911. The van der Waals surface area contributed by atoms with Gasteiger partial charge < -0.3 is 16.8 Å². The molecule has 0 spiro atoms. The summed E-state index contributed by atoms with van der Waals surface area (Å²) in [6, 6.07) is 0. The highest BCUT2D eigenvalue weighted by atomic mass is 19.3. The predicted molar refractivity (Wildman–Crippen MR) is 45.2 cm³/mol. The van der Waals surface area contributed by atoms with E-state index in [9.17, 15) is 8.78 Å². The van der Waals surface area contributed by atoms with Gasteiger partial charge in [-0.2, -0.15) is 0 Å². The maximum Gasteiger partial charge on any atom is 0.261 e. The first-order valence-corrected chi connectivity index (χ1v) is 4.11. The summed E-state index contributed by atoms with van der Waals surface area (Å²) in [7, 11) is 0. The van der Waals surface area contributed by atoms with Crippen LogP contribution in [0.25, 0.3) is 0 Å². The van der Waals surface area contributed by atoms with Crippen molar-refractivity contribution in [1.29, 1.82) is 0 Å². The van der Waals surface area contributed by atoms with Crippen LogP contribution in [0.15, 0.2) is 0 Å². The summed E-state index contributed by atoms with van der Waals surface area (Å²) >= 11 is 0. The maximum absolute atomic E-state index is 12.5. The molecule has 0 unspecified atom stereocenters. The Morgan fingerprint density at radius 2 is 1.83 bits per heavy atom. The van der Waals surface area contributed by atoms with Gasteiger partial charge in [-0.25, -0.2) is 8.78 Å². The number of hydrogen-bond acceptors (Lipinski definition) is 3. The first kappa shape index (κ1) is 11.7. The second-order valence-corrected chi connectivity index (χ2v) is 2.70. The molecule has 0 radical (unpaired) electrons. The smallest absolute Gasteiger partial charge is 0.261 e. The van der Waals surface area contributed by atoms with Gasteiger partial charge in [0.15, 0.2) is 0 Å². The molecule has 0 amide bonds. The van der Waals surface area contributed by atoms with Crippen molar-refractivity contribution >= 4 is 0 Å². The molecular weight excluding hydrogens is 164 g/mol. The topological polar surface area (TPSA) is 64.1 Å². The third-order valence-corrected chi connectivity index (χ3v) is 1.52. The van der Waals surface area contributed by atoms with Gasteiger partial charge in [-0.05, 0) is 19.5 Å². The molecule has 0 heterocycles. The number of alkyl halides is 2. The molecule has 3 nitrogen and oxygen atoms in total. The lowest BCUT2D eigenvalue weighted by molar-refractivity contribution is 0.00270. The van der Waals surface area contributed by atoms with Gasteiger partial charge in [-0.3, -0.25) is 0 Å². The third-order valence-electron chi connectivity index (χ3n) is 1.52. The molecular formula is C7H17F2N3. The highest BCUT2D eigenvalue weighted by Gasteiger charge is 2.25. The van der Waals surface area contributed by atoms with E-state index in [0.29, 0.717) is 19.6 Å². The van der Waals surface area contributed by atoms with Crippen molar-refractivity contribution in [3.8, 4) is 0 Å². The Bertz CT molecular complexity index is 109. The molecule has 0 saturated heterocycles. The molecule has 74 valence electrons. The molecule has 12 heavy (non-hydrogen) atoms. The lowest BCUT2D eigenvalue weighted by atomic mass is 10.2. The van der Waals surface area contributed by atoms with E-state index >= 15 is 0 Å². The average molecular weight is 181 g/mol. The highest BCUT2D eigenvalue weighted by molar-refractivity contribution is 4.67. The first-order valence-electron chi connectivity index (χ1n) is 4.11. The van der Waals surface area contributed by atoms with Crippen molar-refractivity contribution in [2.75, 3.05) is 26.2 Å². The Morgan fingerprint density at radius 1 is 1.17 bits per heavy atom. The van der Waals surface area contributed by atoms with Crippen molar-refractivity contribution in [3.05, 3.63) is 0 Å². The van der Waals surface area contributed by atoms with Crippen LogP contribution in [0, 0.1) is 0 Å². The van der Waals surface area contributed by atoms with E-state index in [4.69, 9.17) is 11.5 Å². The molecule has 0 aliphatic heterocycles. The minimum atomic E-state index is -2.73. The van der Waals surface area contributed by atoms with Gasteiger partial charge in [0.25, 0.3) is 5.92 Å². The standard InChI is InChI=1S/C7H17F2N3/c8-7(9,6-11)2-5-12-4-1-3-10/h12H,1-6,10-11H2. The van der Waals surface area contributed by atoms with Crippen LogP contribution < -0.4 is 16.8 Å². The molecule has 5 heteroatoms. The molecule has 0 aromatic heterocycles. The van der Waals surface area contributed by atoms with Gasteiger partial charge in [0.05, 0.1) is 6.54 Å². The van der Waals surface area contributed by atoms with Gasteiger partial charge in [0, 0.05) is 13.0 Å². The van der Waals surface area contributed by atoms with E-state index < -0.39 is 12.5 Å². The minimum absolute atomic E-state index is 0.200. The lowest BCUT2D eigenvalue weighted by Gasteiger charge is -2.13. The zero-order valence-electron chi connectivity index (χ0n) is 7.15. The largest absolute Gasteiger partial charge is 0.330 e. The molecule has 0 saturated carbocycles. The van der Waals surface area contributed by atoms with Crippen LogP contribution in [0.5, 0.6) is 0 Å². The molecule has 0 aromatic carbocycles. The fourth-order valence-electron chi connectivity index (χ4n) is 0.725. The molecule has 0 atom stereocenters. The molecule has 0 aliphatic carbocycles. The van der Waals surface area contributed by atoms with Crippen molar-refractivity contribution in [2.45, 2.75) is 18.8 Å². The fraction of sp³-hybridized carbons (Fsp3) is 1.00. The van der Waals surface area contributed by atoms with Gasteiger partial charge in [-0.1, -0.05) is 0 Å². The van der Waals surface area contributed by atoms with Crippen molar-refractivity contribution in [2.24, 2.45) is 11.5 Å². The van der Waals surface area contributed by atoms with Gasteiger partial charge in [-0.15, -0.1) is 0 Å². The number of hydrogen-bond donors (Lipinski definition) is 3. The summed E-state index contributed by atoms with van der Waals surface area (Å²) in [5.74, 6) is -2.73. The third kappa shape index (κ3) is 6.45. The van der Waals surface area contributed by atoms with Crippen molar-refractivity contribution in [3.63, 3.8) is 0 Å². The summed E-state index contributed by atoms with van der Waals surface area (Å²) in [4.78, 5) is 0. The van der Waals surface area contributed by atoms with Crippen molar-refractivity contribution < 1.29 is 8.78 Å². The van der Waals surface area contributed by atoms with Crippen molar-refractivity contribution in [1.82, 2.24) is 5.32 Å². The zero-order valence-corrected chi connectivity index (χ0v) is 7.15. The zero-order chi connectivity index (χ0) is 9.45. The van der Waals surface area contributed by atoms with Gasteiger partial charge >= 0.3 is 0 Å². The molecule has 0 aliphatic rings. The Labute approximate surface area is 71.5 Å². The number of nitrogens with one attached hydrogen (secondary N) is 1. The van der Waals surface area contributed by atoms with E-state index in [1.54, 1.807) is 0 Å². The van der Waals surface area contributed by atoms with Crippen LogP contribution in [0.1, 0.15) is 12.8 Å². The van der Waals surface area contributed by atoms with Crippen LogP contribution in [0.2, 0.25) is 0 Å². The van der Waals surface area contributed by atoms with E-state index in [1.165, 1.54) is 0 Å². The van der Waals surface area contributed by atoms with Crippen LogP contribution in [-0.2, 0) is 0 Å². The minimum Gasteiger partial charge on any atom is -0.330 e. The molecule has 0 bridgehead atoms. The number of nitrogens with two attached hydrogens (primary N) is 2. The quantitative estimate of drug-likeness (QED) is 0.481. The Balaban J connectivity index is 3.19. The van der Waals surface area contributed by atoms with E-state index in [0.717, 1.165) is 6.42 Å². The summed E-state index contributed by atoms with van der Waals surface area (Å²) in [5.41, 5.74) is 10.1. The number of halogens is 2. The Kier molecular flexibility index (Phi) is 6.14. The van der Waals surface area contributed by atoms with Crippen LogP contribution in [-0.4, -0.2) is 32.1 Å². The summed E-state index contributed by atoms with van der Waals surface area (Å²) < 4.78 is 24.9. The number of rotatable bonds is 7. The molecule has 0 rings (SSSR count). The van der Waals surface area contributed by atoms with E-state index in [1.807, 2.05) is 0 Å². The fourth-order valence-corrected chi connectivity index (χ4v) is 0.725. The average Bonchev–Trinajstić information content (AvgIpc) is 2.04. The first-order chi connectivity index (χ1) is 5.62. The second kappa shape index (κ2) is 6.28. The van der Waals surface area contributed by atoms with Gasteiger partial charge in [0.2, 0.25) is 0 Å². The van der Waals surface area contributed by atoms with Gasteiger partial charge in [0.1, 0.15) is 0 Å². The summed E-state index contributed by atoms with van der Waals surface area (Å²) in [6.45, 7) is 0.993. The molecule has 5 N–H and O–H groups in total. The Morgan fingerprint density at radius 3 is 2.33 bits per heavy atom. The normalized spacial score (nSPS) is 12.0. The molecule has 0 fully saturated rings. The van der Waals surface area contributed by atoms with Crippen LogP contribution in [0.4, 0.5) is 8.78 Å². The van der Waals surface area contributed by atoms with Crippen LogP contribution >= 0.6 is 0 Å². The second-order valence-electron chi connectivity index (χ2n) is 2.70. The summed E-state index contributed by atoms with van der Waals surface area (Å²) in [6.07, 6.45) is 0.613. The van der Waals surface area contributed by atoms with E-state index in [-0.39, 0.29) is 6.42 Å². The monoisotopic (exact) mass is 181 g/mol. The van der Waals surface area contributed by atoms with Crippen LogP contribution in [0.3, 0.4) is 0 Å². The summed E-state index contributed by atoms with van der Waals surface area (Å²) in [5, 5.41) is 2.86.